The second-order valence-electron chi connectivity index (χ2n) is 3.89. The Morgan fingerprint density at radius 3 is 2.65 bits per heavy atom. The molecule has 0 spiro atoms. The monoisotopic (exact) mass is 244 g/mol. The van der Waals surface area contributed by atoms with Crippen molar-refractivity contribution in [3.63, 3.8) is 0 Å². The molecule has 2 aromatic rings. The molecular weight excluding hydrogens is 236 g/mol. The Morgan fingerprint density at radius 1 is 1.00 bits per heavy atom. The highest BCUT2D eigenvalue weighted by Gasteiger charge is 2.23. The molecule has 0 fully saturated rings. The lowest BCUT2D eigenvalue weighted by molar-refractivity contribution is 0.103. The van der Waals surface area contributed by atoms with Crippen LogP contribution in [0.5, 0.6) is 5.75 Å². The van der Waals surface area contributed by atoms with E-state index in [-0.39, 0.29) is 5.78 Å². The van der Waals surface area contributed by atoms with Crippen LogP contribution in [0.4, 0.5) is 0 Å². The van der Waals surface area contributed by atoms with E-state index in [0.29, 0.717) is 28.5 Å². The van der Waals surface area contributed by atoms with Crippen LogP contribution >= 0.6 is 11.6 Å². The maximum atomic E-state index is 12.3. The van der Waals surface area contributed by atoms with E-state index in [9.17, 15) is 4.79 Å². The van der Waals surface area contributed by atoms with Crippen molar-refractivity contribution in [2.24, 2.45) is 0 Å². The highest BCUT2D eigenvalue weighted by Crippen LogP contribution is 2.34. The molecule has 2 nitrogen and oxygen atoms in total. The van der Waals surface area contributed by atoms with Crippen LogP contribution in [0.15, 0.2) is 42.5 Å². The van der Waals surface area contributed by atoms with E-state index in [0.717, 1.165) is 5.56 Å². The van der Waals surface area contributed by atoms with Gasteiger partial charge < -0.3 is 4.74 Å². The number of rotatable bonds is 0. The smallest absolute Gasteiger partial charge is 0.197 e. The molecule has 84 valence electrons. The second-order valence-corrected chi connectivity index (χ2v) is 4.30. The summed E-state index contributed by atoms with van der Waals surface area (Å²) >= 11 is 6.05. The van der Waals surface area contributed by atoms with Gasteiger partial charge in [0.05, 0.1) is 10.6 Å². The maximum Gasteiger partial charge on any atom is 0.197 e. The van der Waals surface area contributed by atoms with Crippen LogP contribution in [0, 0.1) is 0 Å². The Balaban J connectivity index is 2.24. The number of carbonyl (C=O) groups is 1. The molecule has 1 heterocycles. The zero-order chi connectivity index (χ0) is 11.8. The van der Waals surface area contributed by atoms with Crippen molar-refractivity contribution in [1.29, 1.82) is 0 Å². The number of halogens is 1. The predicted molar refractivity (Wildman–Crippen MR) is 65.7 cm³/mol. The molecule has 0 N–H and O–H groups in total. The molecule has 3 heteroatoms. The first kappa shape index (κ1) is 10.4. The van der Waals surface area contributed by atoms with E-state index in [1.807, 2.05) is 24.3 Å². The van der Waals surface area contributed by atoms with Crippen molar-refractivity contribution in [2.75, 3.05) is 0 Å². The lowest BCUT2D eigenvalue weighted by atomic mass is 9.99. The van der Waals surface area contributed by atoms with E-state index in [1.165, 1.54) is 0 Å². The largest absolute Gasteiger partial charge is 0.487 e. The van der Waals surface area contributed by atoms with Crippen LogP contribution in [0.3, 0.4) is 0 Å². The number of benzene rings is 2. The Kier molecular flexibility index (Phi) is 2.37. The van der Waals surface area contributed by atoms with Gasteiger partial charge in [-0.1, -0.05) is 41.9 Å². The molecule has 0 aromatic heterocycles. The molecule has 2 aromatic carbocycles. The zero-order valence-corrected chi connectivity index (χ0v) is 9.70. The van der Waals surface area contributed by atoms with Crippen molar-refractivity contribution in [3.05, 3.63) is 64.2 Å². The number of para-hydroxylation sites is 1. The Labute approximate surface area is 104 Å². The third kappa shape index (κ3) is 1.61. The first-order valence-electron chi connectivity index (χ1n) is 5.31. The Bertz CT molecular complexity index is 605. The molecule has 0 bridgehead atoms. The van der Waals surface area contributed by atoms with Crippen LogP contribution < -0.4 is 4.74 Å². The summed E-state index contributed by atoms with van der Waals surface area (Å²) < 4.78 is 5.62. The molecule has 0 atom stereocenters. The van der Waals surface area contributed by atoms with E-state index < -0.39 is 0 Å². The van der Waals surface area contributed by atoms with Crippen molar-refractivity contribution >= 4 is 17.4 Å². The van der Waals surface area contributed by atoms with Crippen LogP contribution in [-0.2, 0) is 6.61 Å². The van der Waals surface area contributed by atoms with Crippen molar-refractivity contribution in [1.82, 2.24) is 0 Å². The molecular formula is C14H9ClO2. The minimum Gasteiger partial charge on any atom is -0.487 e. The van der Waals surface area contributed by atoms with Gasteiger partial charge in [0.15, 0.2) is 5.78 Å². The topological polar surface area (TPSA) is 26.3 Å². The third-order valence-corrected chi connectivity index (χ3v) is 3.14. The Hall–Kier alpha value is -1.80. The summed E-state index contributed by atoms with van der Waals surface area (Å²) in [5, 5.41) is 0.476. The summed E-state index contributed by atoms with van der Waals surface area (Å²) in [5.41, 5.74) is 2.11. The molecule has 3 rings (SSSR count). The SMILES string of the molecule is O=C1c2ccccc2COc2c(Cl)cccc21. The van der Waals surface area contributed by atoms with E-state index in [2.05, 4.69) is 0 Å². The quantitative estimate of drug-likeness (QED) is 0.709. The zero-order valence-electron chi connectivity index (χ0n) is 8.94. The summed E-state index contributed by atoms with van der Waals surface area (Å²) in [4.78, 5) is 12.3. The van der Waals surface area contributed by atoms with Gasteiger partial charge in [0.1, 0.15) is 12.4 Å². The number of carbonyl (C=O) groups excluding carboxylic acids is 1. The molecule has 1 aliphatic rings. The van der Waals surface area contributed by atoms with E-state index in [1.54, 1.807) is 18.2 Å². The first-order valence-corrected chi connectivity index (χ1v) is 5.69. The maximum absolute atomic E-state index is 12.3. The summed E-state index contributed by atoms with van der Waals surface area (Å²) in [6.07, 6.45) is 0. The van der Waals surface area contributed by atoms with Crippen molar-refractivity contribution < 1.29 is 9.53 Å². The van der Waals surface area contributed by atoms with Crippen LogP contribution in [0.2, 0.25) is 5.02 Å². The minimum atomic E-state index is -0.0319. The van der Waals surface area contributed by atoms with Gasteiger partial charge in [-0.25, -0.2) is 0 Å². The van der Waals surface area contributed by atoms with Gasteiger partial charge >= 0.3 is 0 Å². The average Bonchev–Trinajstić information content (AvgIpc) is 2.50. The molecule has 0 radical (unpaired) electrons. The number of fused-ring (bicyclic) bond motifs is 2. The fourth-order valence-electron chi connectivity index (χ4n) is 2.00. The molecule has 0 saturated heterocycles. The molecule has 0 saturated carbocycles. The fraction of sp³-hybridized carbons (Fsp3) is 0.0714. The summed E-state index contributed by atoms with van der Waals surface area (Å²) in [7, 11) is 0. The predicted octanol–water partition coefficient (Wildman–Crippen LogP) is 3.46. The fourth-order valence-corrected chi connectivity index (χ4v) is 2.23. The van der Waals surface area contributed by atoms with Crippen molar-refractivity contribution in [3.8, 4) is 5.75 Å². The minimum absolute atomic E-state index is 0.0319. The molecule has 0 unspecified atom stereocenters. The number of ketones is 1. The van der Waals surface area contributed by atoms with Gasteiger partial charge in [0.2, 0.25) is 0 Å². The van der Waals surface area contributed by atoms with E-state index >= 15 is 0 Å². The Morgan fingerprint density at radius 2 is 1.76 bits per heavy atom. The molecule has 1 aliphatic heterocycles. The van der Waals surface area contributed by atoms with Crippen LogP contribution in [0.25, 0.3) is 0 Å². The summed E-state index contributed by atoms with van der Waals surface area (Å²) in [5.74, 6) is 0.450. The third-order valence-electron chi connectivity index (χ3n) is 2.85. The van der Waals surface area contributed by atoms with E-state index in [4.69, 9.17) is 16.3 Å². The highest BCUT2D eigenvalue weighted by atomic mass is 35.5. The summed E-state index contributed by atoms with van der Waals surface area (Å²) in [6, 6.07) is 12.7. The second kappa shape index (κ2) is 3.90. The molecule has 0 amide bonds. The number of hydrogen-bond donors (Lipinski definition) is 0. The van der Waals surface area contributed by atoms with Crippen LogP contribution in [0.1, 0.15) is 21.5 Å². The van der Waals surface area contributed by atoms with Gasteiger partial charge in [0.25, 0.3) is 0 Å². The van der Waals surface area contributed by atoms with Gasteiger partial charge in [-0.15, -0.1) is 0 Å². The highest BCUT2D eigenvalue weighted by molar-refractivity contribution is 6.33. The number of ether oxygens (including phenoxy) is 1. The molecule has 0 aliphatic carbocycles. The average molecular weight is 245 g/mol. The van der Waals surface area contributed by atoms with Gasteiger partial charge in [-0.3, -0.25) is 4.79 Å². The number of hydrogen-bond acceptors (Lipinski definition) is 2. The first-order chi connectivity index (χ1) is 8.27. The lowest BCUT2D eigenvalue weighted by Gasteiger charge is -2.07. The lowest BCUT2D eigenvalue weighted by Crippen LogP contribution is -2.02. The van der Waals surface area contributed by atoms with Gasteiger partial charge in [-0.2, -0.15) is 0 Å². The summed E-state index contributed by atoms with van der Waals surface area (Å²) in [6.45, 7) is 0.374. The van der Waals surface area contributed by atoms with Crippen LogP contribution in [-0.4, -0.2) is 5.78 Å². The van der Waals surface area contributed by atoms with Crippen molar-refractivity contribution in [2.45, 2.75) is 6.61 Å². The van der Waals surface area contributed by atoms with Gasteiger partial charge in [0, 0.05) is 11.1 Å². The molecule has 17 heavy (non-hydrogen) atoms. The normalized spacial score (nSPS) is 13.4. The van der Waals surface area contributed by atoms with Gasteiger partial charge in [-0.05, 0) is 12.1 Å². The standard InChI is InChI=1S/C14H9ClO2/c15-12-7-3-6-11-13(16)10-5-2-1-4-9(10)8-17-14(11)12/h1-7H,8H2.